The summed E-state index contributed by atoms with van der Waals surface area (Å²) in [4.78, 5) is 12.8. The van der Waals surface area contributed by atoms with Gasteiger partial charge in [0.25, 0.3) is 0 Å². The standard InChI is InChI=1S/C21H23F3N6O2/c22-11-7-15(23)18(16(24)8-11)28-21-27-17-9-25-20(26-12-1-3-14(31)4-2-12)29-19(17)30(21)13-5-6-32-10-13/h7-9,12-14,31H,1-6,10H2,(H,27,28)(H,25,26,29)/i1D,2D2,3D2. The first-order valence-electron chi connectivity index (χ1n) is 12.6. The predicted molar refractivity (Wildman–Crippen MR) is 111 cm³/mol. The second-order valence-electron chi connectivity index (χ2n) is 7.47. The van der Waals surface area contributed by atoms with Crippen LogP contribution in [0.15, 0.2) is 18.3 Å². The Bertz CT molecular complexity index is 1320. The summed E-state index contributed by atoms with van der Waals surface area (Å²) in [6, 6.07) is -0.668. The Morgan fingerprint density at radius 1 is 1.16 bits per heavy atom. The zero-order chi connectivity index (χ0) is 26.7. The van der Waals surface area contributed by atoms with Crippen molar-refractivity contribution in [2.45, 2.75) is 50.2 Å². The lowest BCUT2D eigenvalue weighted by atomic mass is 9.93. The molecular formula is C21H23F3N6O2. The van der Waals surface area contributed by atoms with Crippen LogP contribution < -0.4 is 10.6 Å². The van der Waals surface area contributed by atoms with Crippen molar-refractivity contribution < 1.29 is 29.9 Å². The molecule has 4 unspecified atom stereocenters. The number of nitrogens with zero attached hydrogens (tertiary/aromatic N) is 4. The van der Waals surface area contributed by atoms with Gasteiger partial charge in [0.2, 0.25) is 11.9 Å². The third-order valence-electron chi connectivity index (χ3n) is 5.22. The number of aliphatic hydroxyl groups is 1. The Balaban J connectivity index is 1.54. The second kappa shape index (κ2) is 8.55. The summed E-state index contributed by atoms with van der Waals surface area (Å²) < 4.78 is 89.9. The lowest BCUT2D eigenvalue weighted by Crippen LogP contribution is -2.29. The van der Waals surface area contributed by atoms with Gasteiger partial charge in [-0.1, -0.05) is 0 Å². The topological polar surface area (TPSA) is 97.1 Å². The predicted octanol–water partition coefficient (Wildman–Crippen LogP) is 3.66. The van der Waals surface area contributed by atoms with Crippen LogP contribution in [-0.4, -0.2) is 50.0 Å². The van der Waals surface area contributed by atoms with Gasteiger partial charge < -0.3 is 20.5 Å². The fourth-order valence-electron chi connectivity index (χ4n) is 3.69. The molecule has 2 fully saturated rings. The fraction of sp³-hybridized carbons (Fsp3) is 0.476. The molecule has 3 aromatic rings. The number of hydrogen-bond acceptors (Lipinski definition) is 7. The number of ether oxygens (including phenoxy) is 1. The van der Waals surface area contributed by atoms with E-state index in [0.29, 0.717) is 25.2 Å². The number of hydrogen-bond donors (Lipinski definition) is 3. The number of nitrogens with one attached hydrogen (secondary N) is 2. The molecule has 2 aromatic heterocycles. The zero-order valence-corrected chi connectivity index (χ0v) is 16.6. The van der Waals surface area contributed by atoms with Gasteiger partial charge in [-0.2, -0.15) is 4.98 Å². The van der Waals surface area contributed by atoms with Crippen LogP contribution in [-0.2, 0) is 4.74 Å². The first-order chi connectivity index (χ1) is 17.4. The van der Waals surface area contributed by atoms with Crippen molar-refractivity contribution in [2.24, 2.45) is 0 Å². The average molecular weight is 453 g/mol. The summed E-state index contributed by atoms with van der Waals surface area (Å²) in [6.07, 6.45) is -6.58. The molecule has 11 heteroatoms. The highest BCUT2D eigenvalue weighted by Crippen LogP contribution is 2.32. The molecule has 8 nitrogen and oxygen atoms in total. The maximum atomic E-state index is 14.3. The molecule has 32 heavy (non-hydrogen) atoms. The molecule has 1 aliphatic carbocycles. The summed E-state index contributed by atoms with van der Waals surface area (Å²) in [6.45, 7) is 0.665. The monoisotopic (exact) mass is 453 g/mol. The highest BCUT2D eigenvalue weighted by molar-refractivity contribution is 5.76. The Labute approximate surface area is 188 Å². The number of imidazole rings is 1. The first kappa shape index (κ1) is 15.8. The minimum atomic E-state index is -2.38. The van der Waals surface area contributed by atoms with E-state index in [0.717, 1.165) is 0 Å². The van der Waals surface area contributed by atoms with Crippen molar-refractivity contribution in [3.05, 3.63) is 35.8 Å². The van der Waals surface area contributed by atoms with Gasteiger partial charge in [0.05, 0.1) is 24.9 Å². The van der Waals surface area contributed by atoms with Crippen LogP contribution in [0.3, 0.4) is 0 Å². The molecule has 4 atom stereocenters. The van der Waals surface area contributed by atoms with Crippen LogP contribution >= 0.6 is 0 Å². The van der Waals surface area contributed by atoms with Crippen LogP contribution in [0.2, 0.25) is 0 Å². The number of benzene rings is 1. The normalized spacial score (nSPS) is 31.3. The van der Waals surface area contributed by atoms with Crippen LogP contribution in [0.5, 0.6) is 0 Å². The van der Waals surface area contributed by atoms with Crippen LogP contribution in [0, 0.1) is 17.5 Å². The molecule has 0 radical (unpaired) electrons. The van der Waals surface area contributed by atoms with Gasteiger partial charge in [-0.05, 0) is 32.0 Å². The van der Waals surface area contributed by atoms with Gasteiger partial charge in [0.1, 0.15) is 17.0 Å². The van der Waals surface area contributed by atoms with Gasteiger partial charge in [0, 0.05) is 31.6 Å². The average Bonchev–Trinajstić information content (AvgIpc) is 3.45. The third kappa shape index (κ3) is 4.09. The first-order valence-corrected chi connectivity index (χ1v) is 9.99. The summed E-state index contributed by atoms with van der Waals surface area (Å²) in [5, 5.41) is 15.3. The molecule has 0 spiro atoms. The Morgan fingerprint density at radius 3 is 2.72 bits per heavy atom. The number of halogens is 3. The molecule has 0 bridgehead atoms. The molecular weight excluding hydrogens is 425 g/mol. The molecule has 3 heterocycles. The minimum Gasteiger partial charge on any atom is -0.393 e. The minimum absolute atomic E-state index is 0.00724. The summed E-state index contributed by atoms with van der Waals surface area (Å²) in [7, 11) is 0. The SMILES string of the molecule is [2H]C1C(Nc2ncc3nc(Nc4c(F)cc(F)cc4F)n(C4CCOC4)c3n2)C([2H])([2H])CC(O)C1([2H])[2H]. The van der Waals surface area contributed by atoms with E-state index in [-0.39, 0.29) is 35.7 Å². The Morgan fingerprint density at radius 2 is 1.97 bits per heavy atom. The lowest BCUT2D eigenvalue weighted by Gasteiger charge is -2.26. The van der Waals surface area contributed by atoms with Crippen LogP contribution in [0.4, 0.5) is 30.8 Å². The van der Waals surface area contributed by atoms with Crippen molar-refractivity contribution in [1.29, 1.82) is 0 Å². The van der Waals surface area contributed by atoms with Crippen molar-refractivity contribution >= 4 is 28.7 Å². The fourth-order valence-corrected chi connectivity index (χ4v) is 3.69. The second-order valence-corrected chi connectivity index (χ2v) is 7.47. The summed E-state index contributed by atoms with van der Waals surface area (Å²) >= 11 is 0. The highest BCUT2D eigenvalue weighted by Gasteiger charge is 2.27. The smallest absolute Gasteiger partial charge is 0.224 e. The number of fused-ring (bicyclic) bond motifs is 1. The van der Waals surface area contributed by atoms with E-state index in [9.17, 15) is 18.3 Å². The summed E-state index contributed by atoms with van der Waals surface area (Å²) in [5.74, 6) is -3.54. The number of aromatic nitrogens is 4. The molecule has 5 rings (SSSR count). The van der Waals surface area contributed by atoms with E-state index in [2.05, 4.69) is 25.6 Å². The molecule has 1 saturated carbocycles. The summed E-state index contributed by atoms with van der Waals surface area (Å²) in [5.41, 5.74) is -0.182. The lowest BCUT2D eigenvalue weighted by molar-refractivity contribution is 0.126. The van der Waals surface area contributed by atoms with Crippen molar-refractivity contribution in [3.8, 4) is 0 Å². The van der Waals surface area contributed by atoms with E-state index in [1.165, 1.54) is 6.20 Å². The molecule has 1 aromatic carbocycles. The van der Waals surface area contributed by atoms with E-state index < -0.39 is 60.8 Å². The van der Waals surface area contributed by atoms with Crippen molar-refractivity contribution in [1.82, 2.24) is 19.5 Å². The van der Waals surface area contributed by atoms with Gasteiger partial charge in [-0.25, -0.2) is 23.1 Å². The Kier molecular flexibility index (Phi) is 4.22. The molecule has 0 amide bonds. The van der Waals surface area contributed by atoms with Gasteiger partial charge in [0.15, 0.2) is 17.3 Å². The maximum absolute atomic E-state index is 14.3. The quantitative estimate of drug-likeness (QED) is 0.542. The number of rotatable bonds is 5. The van der Waals surface area contributed by atoms with Crippen molar-refractivity contribution in [2.75, 3.05) is 23.8 Å². The highest BCUT2D eigenvalue weighted by atomic mass is 19.1. The van der Waals surface area contributed by atoms with Gasteiger partial charge in [-0.15, -0.1) is 0 Å². The Hall–Kier alpha value is -2.92. The zero-order valence-electron chi connectivity index (χ0n) is 21.6. The third-order valence-corrected chi connectivity index (χ3v) is 5.22. The van der Waals surface area contributed by atoms with E-state index in [1.54, 1.807) is 4.57 Å². The molecule has 2 aliphatic rings. The van der Waals surface area contributed by atoms with E-state index >= 15 is 0 Å². The van der Waals surface area contributed by atoms with E-state index in [1.807, 2.05) is 0 Å². The number of aliphatic hydroxyl groups excluding tert-OH is 1. The van der Waals surface area contributed by atoms with Gasteiger partial charge >= 0.3 is 0 Å². The van der Waals surface area contributed by atoms with Crippen LogP contribution in [0.1, 0.15) is 44.9 Å². The van der Waals surface area contributed by atoms with E-state index in [4.69, 9.17) is 11.6 Å². The van der Waals surface area contributed by atoms with Crippen LogP contribution in [0.25, 0.3) is 11.2 Å². The maximum Gasteiger partial charge on any atom is 0.224 e. The largest absolute Gasteiger partial charge is 0.393 e. The van der Waals surface area contributed by atoms with Gasteiger partial charge in [-0.3, -0.25) is 4.57 Å². The molecule has 1 saturated heterocycles. The molecule has 3 N–H and O–H groups in total. The number of anilines is 3. The molecule has 170 valence electrons. The van der Waals surface area contributed by atoms with Crippen molar-refractivity contribution in [3.63, 3.8) is 0 Å². The molecule has 1 aliphatic heterocycles.